The third-order valence-corrected chi connectivity index (χ3v) is 13.7. The molecule has 0 unspecified atom stereocenters. The molecule has 14 atom stereocenters. The van der Waals surface area contributed by atoms with Crippen LogP contribution in [0.25, 0.3) is 0 Å². The van der Waals surface area contributed by atoms with Gasteiger partial charge in [0, 0.05) is 52.0 Å². The van der Waals surface area contributed by atoms with Crippen LogP contribution in [0.3, 0.4) is 0 Å². The van der Waals surface area contributed by atoms with Crippen molar-refractivity contribution in [2.75, 3.05) is 27.9 Å². The van der Waals surface area contributed by atoms with Crippen molar-refractivity contribution in [2.45, 2.75) is 168 Å². The normalized spacial score (nSPS) is 29.3. The molecule has 4 N–H and O–H groups in total. The standard InChI is InChI=1S/C51H79NO13/c1-31(26-35(5)45(55)47(64-10)46(56)36(6)28-34(4)41(53)23-19-32(2)27-38-21-24-42(54)44(29-38)63-9)16-12-11-13-17-33(3)43(62-8)30-39-22-20-37(7)51(61,65-39)48(57)49(58)52-25-15-14-18-40(52)50(59)60/h11-13,16-17,19,23,28,31-32,34-35,37-40,42-44,46-47,54,56,61H,14-15,18,20-22,24-27,29-30H2,1-10H3,(H,59,60)/t31-,32+,34-,35-,37-,38+,39+,40-,42-,43+,44-,46-,47+,51-/m1/s1. The molecule has 3 rings (SSSR count). The molecule has 0 spiro atoms. The Labute approximate surface area is 387 Å². The van der Waals surface area contributed by atoms with Gasteiger partial charge in [0.2, 0.25) is 5.79 Å². The topological polar surface area (TPSA) is 206 Å². The van der Waals surface area contributed by atoms with Gasteiger partial charge in [0.1, 0.15) is 18.2 Å². The summed E-state index contributed by atoms with van der Waals surface area (Å²) in [6.45, 7) is 13.0. The maximum absolute atomic E-state index is 13.5. The van der Waals surface area contributed by atoms with Gasteiger partial charge in [-0.3, -0.25) is 19.2 Å². The fraction of sp³-hybridized carbons (Fsp3) is 0.706. The zero-order valence-electron chi connectivity index (χ0n) is 40.5. The summed E-state index contributed by atoms with van der Waals surface area (Å²) in [5.41, 5.74) is 1.35. The zero-order chi connectivity index (χ0) is 48.6. The van der Waals surface area contributed by atoms with Crippen molar-refractivity contribution in [3.63, 3.8) is 0 Å². The van der Waals surface area contributed by atoms with Crippen LogP contribution in [0.2, 0.25) is 0 Å². The summed E-state index contributed by atoms with van der Waals surface area (Å²) < 4.78 is 22.7. The molecule has 3 fully saturated rings. The largest absolute Gasteiger partial charge is 0.480 e. The molecule has 2 aliphatic heterocycles. The molecule has 3 aliphatic rings. The molecule has 0 aromatic rings. The number of nitrogens with zero attached hydrogens (tertiary/aromatic N) is 1. The van der Waals surface area contributed by atoms with E-state index in [1.165, 1.54) is 7.11 Å². The second kappa shape index (κ2) is 26.6. The summed E-state index contributed by atoms with van der Waals surface area (Å²) in [5, 5.41) is 42.4. The van der Waals surface area contributed by atoms with Crippen molar-refractivity contribution >= 4 is 29.2 Å². The molecule has 1 amide bonds. The third kappa shape index (κ3) is 16.0. The molecule has 1 saturated carbocycles. The first-order chi connectivity index (χ1) is 30.7. The molecule has 2 heterocycles. The zero-order valence-corrected chi connectivity index (χ0v) is 40.5. The number of Topliss-reactive ketones (excluding diaryl/α,β-unsaturated/α-hetero) is 2. The number of aliphatic hydroxyl groups is 3. The fourth-order valence-electron chi connectivity index (χ4n) is 9.48. The van der Waals surface area contributed by atoms with Gasteiger partial charge in [-0.2, -0.15) is 0 Å². The Hall–Kier alpha value is -3.63. The Morgan fingerprint density at radius 1 is 0.862 bits per heavy atom. The van der Waals surface area contributed by atoms with Gasteiger partial charge in [0.15, 0.2) is 11.6 Å². The van der Waals surface area contributed by atoms with E-state index in [0.29, 0.717) is 56.4 Å². The highest BCUT2D eigenvalue weighted by Crippen LogP contribution is 2.37. The summed E-state index contributed by atoms with van der Waals surface area (Å²) in [4.78, 5) is 66.1. The Balaban J connectivity index is 1.51. The first kappa shape index (κ1) is 55.7. The number of allylic oxidation sites excluding steroid dienone is 8. The van der Waals surface area contributed by atoms with Crippen LogP contribution in [0.1, 0.15) is 119 Å². The molecule has 1 aliphatic carbocycles. The monoisotopic (exact) mass is 914 g/mol. The lowest BCUT2D eigenvalue weighted by molar-refractivity contribution is -0.265. The van der Waals surface area contributed by atoms with Crippen LogP contribution in [0.15, 0.2) is 59.8 Å². The number of rotatable bonds is 24. The van der Waals surface area contributed by atoms with Crippen LogP contribution < -0.4 is 0 Å². The van der Waals surface area contributed by atoms with Crippen LogP contribution in [-0.2, 0) is 42.9 Å². The van der Waals surface area contributed by atoms with Gasteiger partial charge in [-0.05, 0) is 113 Å². The van der Waals surface area contributed by atoms with Gasteiger partial charge in [0.05, 0.1) is 24.4 Å². The second-order valence-electron chi connectivity index (χ2n) is 19.0. The summed E-state index contributed by atoms with van der Waals surface area (Å²) in [6.07, 6.45) is 17.4. The van der Waals surface area contributed by atoms with E-state index in [9.17, 15) is 44.4 Å². The summed E-state index contributed by atoms with van der Waals surface area (Å²) in [7, 11) is 4.58. The molecule has 2 saturated heterocycles. The Kier molecular flexibility index (Phi) is 22.8. The summed E-state index contributed by atoms with van der Waals surface area (Å²) in [6, 6.07) is -1.12. The van der Waals surface area contributed by atoms with Gasteiger partial charge in [-0.25, -0.2) is 4.79 Å². The maximum Gasteiger partial charge on any atom is 0.326 e. The number of piperidine rings is 1. The highest BCUT2D eigenvalue weighted by Gasteiger charge is 2.52. The summed E-state index contributed by atoms with van der Waals surface area (Å²) >= 11 is 0. The van der Waals surface area contributed by atoms with Crippen molar-refractivity contribution in [2.24, 2.45) is 35.5 Å². The minimum atomic E-state index is -2.38. The maximum atomic E-state index is 13.5. The number of hydrogen-bond acceptors (Lipinski definition) is 12. The van der Waals surface area contributed by atoms with E-state index in [1.807, 2.05) is 57.2 Å². The number of aliphatic hydroxyl groups excluding tert-OH is 2. The van der Waals surface area contributed by atoms with Crippen molar-refractivity contribution in [1.82, 2.24) is 4.90 Å². The van der Waals surface area contributed by atoms with Crippen LogP contribution in [-0.4, -0.2) is 131 Å². The number of carboxylic acids is 1. The van der Waals surface area contributed by atoms with Crippen LogP contribution in [0.5, 0.6) is 0 Å². The number of methoxy groups -OCH3 is 3. The number of hydrogen-bond donors (Lipinski definition) is 4. The molecule has 14 nitrogen and oxygen atoms in total. The van der Waals surface area contributed by atoms with E-state index in [-0.39, 0.29) is 42.5 Å². The Morgan fingerprint density at radius 3 is 2.22 bits per heavy atom. The van der Waals surface area contributed by atoms with Crippen LogP contribution >= 0.6 is 0 Å². The third-order valence-electron chi connectivity index (χ3n) is 13.7. The average Bonchev–Trinajstić information content (AvgIpc) is 3.28. The predicted molar refractivity (Wildman–Crippen MR) is 247 cm³/mol. The van der Waals surface area contributed by atoms with E-state index >= 15 is 0 Å². The van der Waals surface area contributed by atoms with Gasteiger partial charge < -0.3 is 44.3 Å². The Morgan fingerprint density at radius 2 is 1.57 bits per heavy atom. The number of amides is 1. The fourth-order valence-corrected chi connectivity index (χ4v) is 9.48. The minimum Gasteiger partial charge on any atom is -0.480 e. The lowest BCUT2D eigenvalue weighted by Crippen LogP contribution is -2.60. The molecule has 0 aromatic heterocycles. The van der Waals surface area contributed by atoms with Gasteiger partial charge in [-0.1, -0.05) is 77.2 Å². The molecular weight excluding hydrogens is 835 g/mol. The highest BCUT2D eigenvalue weighted by atomic mass is 16.6. The first-order valence-corrected chi connectivity index (χ1v) is 23.6. The average molecular weight is 914 g/mol. The van der Waals surface area contributed by atoms with Crippen LogP contribution in [0, 0.1) is 35.5 Å². The van der Waals surface area contributed by atoms with Gasteiger partial charge >= 0.3 is 5.97 Å². The first-order valence-electron chi connectivity index (χ1n) is 23.6. The molecule has 0 bridgehead atoms. The van der Waals surface area contributed by atoms with E-state index in [2.05, 4.69) is 6.92 Å². The SMILES string of the molecule is CO[C@@H](C[C@@H]1CC[C@@H](C)[C@](O)(C(=O)C(=O)N2CCCC[C@@H]2C(=O)O)O1)C(C)=CC=CC=C[C@@H](C)C[C@@H](C)C(=O)[C@H](OC)[C@H](O)C(C)=C[C@@H](C)C(=O)C=C[C@H](C)C[C@@H]1CC[C@@H](O)[C@H](OC)C1. The van der Waals surface area contributed by atoms with Crippen LogP contribution in [0.4, 0.5) is 0 Å². The highest BCUT2D eigenvalue weighted by molar-refractivity contribution is 6.39. The smallest absolute Gasteiger partial charge is 0.326 e. The second-order valence-corrected chi connectivity index (χ2v) is 19.0. The molecule has 0 radical (unpaired) electrons. The number of aliphatic carboxylic acids is 1. The molecule has 366 valence electrons. The van der Waals surface area contributed by atoms with Crippen molar-refractivity contribution in [1.29, 1.82) is 0 Å². The van der Waals surface area contributed by atoms with Crippen molar-refractivity contribution in [3.8, 4) is 0 Å². The van der Waals surface area contributed by atoms with E-state index in [1.54, 1.807) is 47.1 Å². The number of likely N-dealkylation sites (tertiary alicyclic amines) is 1. The van der Waals surface area contributed by atoms with Crippen molar-refractivity contribution in [3.05, 3.63) is 59.8 Å². The number of carbonyl (C=O) groups is 5. The molecule has 0 aromatic carbocycles. The lowest BCUT2D eigenvalue weighted by Gasteiger charge is -2.42. The number of ketones is 3. The molecule has 65 heavy (non-hydrogen) atoms. The van der Waals surface area contributed by atoms with Gasteiger partial charge in [0.25, 0.3) is 11.7 Å². The molecule has 14 heteroatoms. The van der Waals surface area contributed by atoms with Gasteiger partial charge in [-0.15, -0.1) is 0 Å². The number of ether oxygens (including phenoxy) is 4. The summed E-state index contributed by atoms with van der Waals surface area (Å²) in [5.74, 6) is -7.06. The predicted octanol–water partition coefficient (Wildman–Crippen LogP) is 6.51. The van der Waals surface area contributed by atoms with Crippen molar-refractivity contribution < 1.29 is 63.3 Å². The molecular formula is C51H79NO13. The Bertz CT molecular complexity index is 1750. The van der Waals surface area contributed by atoms with E-state index in [4.69, 9.17) is 18.9 Å². The van der Waals surface area contributed by atoms with E-state index in [0.717, 1.165) is 29.7 Å². The van der Waals surface area contributed by atoms with E-state index < -0.39 is 77.8 Å². The lowest BCUT2D eigenvalue weighted by atomic mass is 9.80. The minimum absolute atomic E-state index is 0.0173. The number of carbonyl (C=O) groups excluding carboxylic acids is 4. The number of carboxylic acid groups (broad SMARTS) is 1. The quantitative estimate of drug-likeness (QED) is 0.0353.